The van der Waals surface area contributed by atoms with Crippen LogP contribution in [-0.2, 0) is 0 Å². The topological polar surface area (TPSA) is 26.3 Å². The zero-order valence-corrected chi connectivity index (χ0v) is 10.2. The quantitative estimate of drug-likeness (QED) is 0.706. The summed E-state index contributed by atoms with van der Waals surface area (Å²) >= 11 is 10.1. The maximum absolute atomic E-state index is 11.8. The molecule has 80 valence electrons. The predicted molar refractivity (Wildman–Crippen MR) is 62.4 cm³/mol. The molecule has 2 rings (SSSR count). The van der Waals surface area contributed by atoms with Gasteiger partial charge in [0.15, 0.2) is 5.78 Å². The molecular formula is C11H11ClO2S. The number of carbonyl (C=O) groups is 1. The highest BCUT2D eigenvalue weighted by Gasteiger charge is 2.32. The number of hydrogen-bond acceptors (Lipinski definition) is 3. The van der Waals surface area contributed by atoms with Gasteiger partial charge in [0.05, 0.1) is 17.0 Å². The molecule has 0 amide bonds. The van der Waals surface area contributed by atoms with E-state index in [1.165, 1.54) is 0 Å². The van der Waals surface area contributed by atoms with Gasteiger partial charge in [-0.05, 0) is 26.0 Å². The predicted octanol–water partition coefficient (Wildman–Crippen LogP) is 3.37. The van der Waals surface area contributed by atoms with E-state index in [1.54, 1.807) is 12.1 Å². The van der Waals surface area contributed by atoms with Crippen LogP contribution in [0.3, 0.4) is 0 Å². The maximum atomic E-state index is 11.8. The van der Waals surface area contributed by atoms with Gasteiger partial charge in [0.25, 0.3) is 0 Å². The molecule has 0 radical (unpaired) electrons. The number of Topliss-reactive ketones (excluding diaryl/α,β-unsaturated/α-hetero) is 1. The van der Waals surface area contributed by atoms with Crippen molar-refractivity contribution in [3.63, 3.8) is 0 Å². The zero-order valence-electron chi connectivity index (χ0n) is 8.50. The van der Waals surface area contributed by atoms with E-state index in [0.717, 1.165) is 0 Å². The maximum Gasteiger partial charge on any atom is 0.170 e. The van der Waals surface area contributed by atoms with Gasteiger partial charge in [-0.2, -0.15) is 0 Å². The number of benzene rings is 1. The third kappa shape index (κ3) is 1.99. The first-order valence-corrected chi connectivity index (χ1v) is 5.46. The zero-order chi connectivity index (χ0) is 11.2. The van der Waals surface area contributed by atoms with Crippen LogP contribution < -0.4 is 4.74 Å². The molecule has 0 aromatic heterocycles. The molecule has 0 unspecified atom stereocenters. The third-order valence-corrected chi connectivity index (χ3v) is 3.14. The van der Waals surface area contributed by atoms with E-state index in [-0.39, 0.29) is 5.78 Å². The van der Waals surface area contributed by atoms with E-state index in [4.69, 9.17) is 16.3 Å². The Kier molecular flexibility index (Phi) is 2.47. The minimum absolute atomic E-state index is 0.0662. The van der Waals surface area contributed by atoms with Crippen molar-refractivity contribution in [1.29, 1.82) is 0 Å². The summed E-state index contributed by atoms with van der Waals surface area (Å²) in [7, 11) is 0. The van der Waals surface area contributed by atoms with Crippen molar-refractivity contribution < 1.29 is 9.53 Å². The molecule has 1 aliphatic rings. The molecule has 0 N–H and O–H groups in total. The molecule has 1 aliphatic heterocycles. The Bertz CT molecular complexity index is 440. The average Bonchev–Trinajstić information content (AvgIpc) is 2.07. The molecule has 0 atom stereocenters. The molecule has 15 heavy (non-hydrogen) atoms. The first kappa shape index (κ1) is 10.8. The van der Waals surface area contributed by atoms with Crippen molar-refractivity contribution in [2.75, 3.05) is 0 Å². The summed E-state index contributed by atoms with van der Waals surface area (Å²) in [4.78, 5) is 12.4. The summed E-state index contributed by atoms with van der Waals surface area (Å²) in [6, 6.07) is 3.32. The van der Waals surface area contributed by atoms with E-state index in [0.29, 0.717) is 27.7 Å². The van der Waals surface area contributed by atoms with Crippen molar-refractivity contribution in [1.82, 2.24) is 0 Å². The van der Waals surface area contributed by atoms with Crippen molar-refractivity contribution in [3.05, 3.63) is 22.7 Å². The van der Waals surface area contributed by atoms with Crippen LogP contribution in [0, 0.1) is 0 Å². The Morgan fingerprint density at radius 2 is 2.13 bits per heavy atom. The molecule has 0 saturated heterocycles. The second kappa shape index (κ2) is 3.42. The van der Waals surface area contributed by atoms with E-state index in [1.807, 2.05) is 13.8 Å². The number of halogens is 1. The Morgan fingerprint density at radius 1 is 1.47 bits per heavy atom. The lowest BCUT2D eigenvalue weighted by Gasteiger charge is -2.31. The first-order chi connectivity index (χ1) is 6.89. The summed E-state index contributed by atoms with van der Waals surface area (Å²) in [6.07, 6.45) is 0.377. The molecule has 1 heterocycles. The van der Waals surface area contributed by atoms with Gasteiger partial charge < -0.3 is 4.74 Å². The minimum Gasteiger partial charge on any atom is -0.487 e. The second-order valence-corrected chi connectivity index (χ2v) is 5.15. The minimum atomic E-state index is -0.446. The number of fused-ring (bicyclic) bond motifs is 1. The summed E-state index contributed by atoms with van der Waals surface area (Å²) in [5.41, 5.74) is 0.107. The van der Waals surface area contributed by atoms with Gasteiger partial charge >= 0.3 is 0 Å². The van der Waals surface area contributed by atoms with E-state index in [9.17, 15) is 4.79 Å². The fourth-order valence-corrected chi connectivity index (χ4v) is 2.01. The van der Waals surface area contributed by atoms with Crippen LogP contribution >= 0.6 is 24.2 Å². The van der Waals surface area contributed by atoms with Gasteiger partial charge in [-0.3, -0.25) is 4.79 Å². The molecule has 1 aromatic carbocycles. The Hall–Kier alpha value is -0.670. The lowest BCUT2D eigenvalue weighted by molar-refractivity contribution is 0.0618. The average molecular weight is 243 g/mol. The molecule has 4 heteroatoms. The van der Waals surface area contributed by atoms with Crippen LogP contribution in [0.5, 0.6) is 5.75 Å². The van der Waals surface area contributed by atoms with Crippen LogP contribution in [0.1, 0.15) is 30.6 Å². The number of thiol groups is 1. The third-order valence-electron chi connectivity index (χ3n) is 2.32. The Labute approximate surface area is 99.0 Å². The Morgan fingerprint density at radius 3 is 2.80 bits per heavy atom. The highest BCUT2D eigenvalue weighted by atomic mass is 35.5. The van der Waals surface area contributed by atoms with Gasteiger partial charge in [-0.25, -0.2) is 0 Å². The SMILES string of the molecule is CC1(C)CC(=O)c2cc(Cl)c(S)cc2O1. The lowest BCUT2D eigenvalue weighted by atomic mass is 9.93. The number of ether oxygens (including phenoxy) is 1. The van der Waals surface area contributed by atoms with Gasteiger partial charge in [0.1, 0.15) is 11.4 Å². The number of carbonyl (C=O) groups excluding carboxylic acids is 1. The van der Waals surface area contributed by atoms with Crippen LogP contribution in [0.15, 0.2) is 17.0 Å². The van der Waals surface area contributed by atoms with Crippen molar-refractivity contribution in [2.24, 2.45) is 0 Å². The smallest absolute Gasteiger partial charge is 0.170 e. The van der Waals surface area contributed by atoms with E-state index in [2.05, 4.69) is 12.6 Å². The molecular weight excluding hydrogens is 232 g/mol. The molecule has 0 aliphatic carbocycles. The van der Waals surface area contributed by atoms with E-state index < -0.39 is 5.60 Å². The number of hydrogen-bond donors (Lipinski definition) is 1. The van der Waals surface area contributed by atoms with Crippen LogP contribution in [0.2, 0.25) is 5.02 Å². The summed E-state index contributed by atoms with van der Waals surface area (Å²) < 4.78 is 5.70. The second-order valence-electron chi connectivity index (χ2n) is 4.26. The molecule has 0 bridgehead atoms. The highest BCUT2D eigenvalue weighted by Crippen LogP contribution is 2.37. The highest BCUT2D eigenvalue weighted by molar-refractivity contribution is 7.80. The van der Waals surface area contributed by atoms with Gasteiger partial charge in [0.2, 0.25) is 0 Å². The van der Waals surface area contributed by atoms with Crippen LogP contribution in [0.25, 0.3) is 0 Å². The normalized spacial score (nSPS) is 18.3. The van der Waals surface area contributed by atoms with Crippen molar-refractivity contribution in [2.45, 2.75) is 30.8 Å². The van der Waals surface area contributed by atoms with Gasteiger partial charge in [-0.15, -0.1) is 12.6 Å². The van der Waals surface area contributed by atoms with Gasteiger partial charge in [0, 0.05) is 4.90 Å². The van der Waals surface area contributed by atoms with Crippen LogP contribution in [-0.4, -0.2) is 11.4 Å². The largest absolute Gasteiger partial charge is 0.487 e. The Balaban J connectivity index is 2.56. The fourth-order valence-electron chi connectivity index (χ4n) is 1.66. The van der Waals surface area contributed by atoms with Gasteiger partial charge in [-0.1, -0.05) is 11.6 Å². The van der Waals surface area contributed by atoms with Crippen molar-refractivity contribution >= 4 is 30.0 Å². The molecule has 1 aromatic rings. The molecule has 2 nitrogen and oxygen atoms in total. The fraction of sp³-hybridized carbons (Fsp3) is 0.364. The van der Waals surface area contributed by atoms with Crippen molar-refractivity contribution in [3.8, 4) is 5.75 Å². The summed E-state index contributed by atoms with van der Waals surface area (Å²) in [5.74, 6) is 0.641. The number of ketones is 1. The molecule has 0 spiro atoms. The van der Waals surface area contributed by atoms with Crippen LogP contribution in [0.4, 0.5) is 0 Å². The monoisotopic (exact) mass is 242 g/mol. The van der Waals surface area contributed by atoms with E-state index >= 15 is 0 Å². The molecule has 0 saturated carbocycles. The first-order valence-electron chi connectivity index (χ1n) is 4.64. The summed E-state index contributed by atoms with van der Waals surface area (Å²) in [6.45, 7) is 3.78. The molecule has 0 fully saturated rings. The lowest BCUT2D eigenvalue weighted by Crippen LogP contribution is -2.35. The number of rotatable bonds is 0. The summed E-state index contributed by atoms with van der Waals surface area (Å²) in [5, 5.41) is 0.480. The standard InChI is InChI=1S/C11H11ClO2S/c1-11(2)5-8(13)6-3-7(12)10(15)4-9(6)14-11/h3-4,15H,5H2,1-2H3.